The van der Waals surface area contributed by atoms with Gasteiger partial charge in [0.05, 0.1) is 0 Å². The molecule has 0 unspecified atom stereocenters. The van der Waals surface area contributed by atoms with Gasteiger partial charge in [0, 0.05) is 27.5 Å². The quantitative estimate of drug-likeness (QED) is 0.801. The van der Waals surface area contributed by atoms with Crippen LogP contribution in [0.5, 0.6) is 0 Å². The first kappa shape index (κ1) is 12.1. The van der Waals surface area contributed by atoms with Crippen molar-refractivity contribution in [1.29, 1.82) is 0 Å². The Bertz CT molecular complexity index is 530. The van der Waals surface area contributed by atoms with Crippen LogP contribution in [0.4, 0.5) is 0 Å². The molecular weight excluding hydrogens is 232 g/mol. The van der Waals surface area contributed by atoms with Crippen LogP contribution >= 0.6 is 11.6 Å². The minimum absolute atomic E-state index is 0.769. The predicted molar refractivity (Wildman–Crippen MR) is 71.3 cm³/mol. The molecule has 1 heterocycles. The molecule has 1 aromatic heterocycles. The fraction of sp³-hybridized carbons (Fsp3) is 0.286. The van der Waals surface area contributed by atoms with Gasteiger partial charge in [-0.25, -0.2) is 9.97 Å². The smallest absolute Gasteiger partial charge is 0.115 e. The summed E-state index contributed by atoms with van der Waals surface area (Å²) in [5.74, 6) is 0. The van der Waals surface area contributed by atoms with Crippen LogP contribution in [-0.2, 0) is 6.42 Å². The summed E-state index contributed by atoms with van der Waals surface area (Å²) in [4.78, 5) is 8.46. The van der Waals surface area contributed by atoms with E-state index >= 15 is 0 Å². The molecule has 0 radical (unpaired) electrons. The Labute approximate surface area is 107 Å². The second-order valence-corrected chi connectivity index (χ2v) is 4.49. The molecule has 0 spiro atoms. The van der Waals surface area contributed by atoms with Gasteiger partial charge in [-0.1, -0.05) is 30.7 Å². The molecule has 0 aliphatic rings. The first-order chi connectivity index (χ1) is 8.13. The Balaban J connectivity index is 2.61. The van der Waals surface area contributed by atoms with E-state index in [-0.39, 0.29) is 0 Å². The average molecular weight is 247 g/mol. The van der Waals surface area contributed by atoms with Gasteiger partial charge in [0.2, 0.25) is 0 Å². The molecule has 0 fully saturated rings. The minimum atomic E-state index is 0.769. The fourth-order valence-electron chi connectivity index (χ4n) is 1.96. The maximum absolute atomic E-state index is 6.33. The van der Waals surface area contributed by atoms with E-state index in [4.69, 9.17) is 11.6 Å². The SMILES string of the molecule is CCc1ccc(-c2c(C)ncnc2C)c(Cl)c1. The van der Waals surface area contributed by atoms with Gasteiger partial charge in [-0.2, -0.15) is 0 Å². The summed E-state index contributed by atoms with van der Waals surface area (Å²) in [7, 11) is 0. The van der Waals surface area contributed by atoms with Crippen molar-refractivity contribution in [3.05, 3.63) is 46.5 Å². The number of halogens is 1. The lowest BCUT2D eigenvalue weighted by Crippen LogP contribution is -1.95. The van der Waals surface area contributed by atoms with Gasteiger partial charge < -0.3 is 0 Å². The van der Waals surface area contributed by atoms with Gasteiger partial charge in [0.1, 0.15) is 6.33 Å². The third-order valence-corrected chi connectivity index (χ3v) is 3.25. The number of hydrogen-bond donors (Lipinski definition) is 0. The van der Waals surface area contributed by atoms with Crippen LogP contribution in [0, 0.1) is 13.8 Å². The first-order valence-corrected chi connectivity index (χ1v) is 6.08. The fourth-order valence-corrected chi connectivity index (χ4v) is 2.26. The Morgan fingerprint density at radius 1 is 1.12 bits per heavy atom. The van der Waals surface area contributed by atoms with Gasteiger partial charge in [-0.05, 0) is 31.9 Å². The Morgan fingerprint density at radius 2 is 1.76 bits per heavy atom. The number of aromatic nitrogens is 2. The number of benzene rings is 1. The summed E-state index contributed by atoms with van der Waals surface area (Å²) in [5.41, 5.74) is 5.22. The third-order valence-electron chi connectivity index (χ3n) is 2.94. The topological polar surface area (TPSA) is 25.8 Å². The Hall–Kier alpha value is -1.41. The van der Waals surface area contributed by atoms with E-state index in [0.717, 1.165) is 34.0 Å². The molecule has 2 nitrogen and oxygen atoms in total. The zero-order valence-electron chi connectivity index (χ0n) is 10.3. The van der Waals surface area contributed by atoms with Gasteiger partial charge in [0.15, 0.2) is 0 Å². The lowest BCUT2D eigenvalue weighted by molar-refractivity contribution is 1.06. The zero-order chi connectivity index (χ0) is 12.4. The van der Waals surface area contributed by atoms with E-state index in [1.165, 1.54) is 5.56 Å². The van der Waals surface area contributed by atoms with Crippen LogP contribution in [0.15, 0.2) is 24.5 Å². The molecule has 0 aliphatic carbocycles. The molecule has 3 heteroatoms. The summed E-state index contributed by atoms with van der Waals surface area (Å²) in [6.45, 7) is 6.08. The van der Waals surface area contributed by atoms with Crippen LogP contribution in [-0.4, -0.2) is 9.97 Å². The number of hydrogen-bond acceptors (Lipinski definition) is 2. The first-order valence-electron chi connectivity index (χ1n) is 5.70. The third kappa shape index (κ3) is 2.32. The highest BCUT2D eigenvalue weighted by atomic mass is 35.5. The van der Waals surface area contributed by atoms with Crippen LogP contribution in [0.25, 0.3) is 11.1 Å². The number of aryl methyl sites for hydroxylation is 3. The molecule has 88 valence electrons. The average Bonchev–Trinajstić information content (AvgIpc) is 2.30. The van der Waals surface area contributed by atoms with E-state index in [1.807, 2.05) is 19.9 Å². The highest BCUT2D eigenvalue weighted by molar-refractivity contribution is 6.33. The standard InChI is InChI=1S/C14H15ClN2/c1-4-11-5-6-12(13(15)7-11)14-9(2)16-8-17-10(14)3/h5-8H,4H2,1-3H3. The van der Waals surface area contributed by atoms with Gasteiger partial charge in [-0.15, -0.1) is 0 Å². The summed E-state index contributed by atoms with van der Waals surface area (Å²) in [5, 5.41) is 0.769. The van der Waals surface area contributed by atoms with Crippen LogP contribution in [0.2, 0.25) is 5.02 Å². The monoisotopic (exact) mass is 246 g/mol. The van der Waals surface area contributed by atoms with Crippen LogP contribution in [0.3, 0.4) is 0 Å². The molecule has 0 bridgehead atoms. The molecule has 0 saturated heterocycles. The molecule has 1 aromatic carbocycles. The van der Waals surface area contributed by atoms with Gasteiger partial charge in [-0.3, -0.25) is 0 Å². The van der Waals surface area contributed by atoms with E-state index in [0.29, 0.717) is 0 Å². The van der Waals surface area contributed by atoms with Crippen molar-refractivity contribution in [3.63, 3.8) is 0 Å². The molecular formula is C14H15ClN2. The Morgan fingerprint density at radius 3 is 2.29 bits per heavy atom. The predicted octanol–water partition coefficient (Wildman–Crippen LogP) is 3.98. The van der Waals surface area contributed by atoms with Crippen LogP contribution < -0.4 is 0 Å². The lowest BCUT2D eigenvalue weighted by atomic mass is 10.0. The van der Waals surface area contributed by atoms with Gasteiger partial charge in [0.25, 0.3) is 0 Å². The van der Waals surface area contributed by atoms with Crippen LogP contribution in [0.1, 0.15) is 23.9 Å². The molecule has 0 atom stereocenters. The maximum atomic E-state index is 6.33. The van der Waals surface area contributed by atoms with Crippen molar-refractivity contribution in [3.8, 4) is 11.1 Å². The van der Waals surface area contributed by atoms with E-state index in [1.54, 1.807) is 6.33 Å². The zero-order valence-corrected chi connectivity index (χ0v) is 11.0. The summed E-state index contributed by atoms with van der Waals surface area (Å²) in [6.07, 6.45) is 2.58. The van der Waals surface area contributed by atoms with Crippen molar-refractivity contribution >= 4 is 11.6 Å². The van der Waals surface area contributed by atoms with Crippen molar-refractivity contribution in [2.45, 2.75) is 27.2 Å². The minimum Gasteiger partial charge on any atom is -0.241 e. The molecule has 0 saturated carbocycles. The van der Waals surface area contributed by atoms with Crippen molar-refractivity contribution in [1.82, 2.24) is 9.97 Å². The summed E-state index contributed by atoms with van der Waals surface area (Å²) < 4.78 is 0. The maximum Gasteiger partial charge on any atom is 0.115 e. The second kappa shape index (κ2) is 4.84. The molecule has 0 N–H and O–H groups in total. The number of rotatable bonds is 2. The molecule has 0 amide bonds. The highest BCUT2D eigenvalue weighted by Crippen LogP contribution is 2.31. The van der Waals surface area contributed by atoms with E-state index < -0.39 is 0 Å². The van der Waals surface area contributed by atoms with E-state index in [9.17, 15) is 0 Å². The second-order valence-electron chi connectivity index (χ2n) is 4.09. The molecule has 2 aromatic rings. The number of nitrogens with zero attached hydrogens (tertiary/aromatic N) is 2. The Kier molecular flexibility index (Phi) is 3.43. The van der Waals surface area contributed by atoms with E-state index in [2.05, 4.69) is 29.0 Å². The molecule has 0 aliphatic heterocycles. The summed E-state index contributed by atoms with van der Waals surface area (Å²) in [6, 6.07) is 6.18. The normalized spacial score (nSPS) is 10.6. The molecule has 2 rings (SSSR count). The molecule has 17 heavy (non-hydrogen) atoms. The lowest BCUT2D eigenvalue weighted by Gasteiger charge is -2.10. The van der Waals surface area contributed by atoms with Crippen molar-refractivity contribution in [2.75, 3.05) is 0 Å². The van der Waals surface area contributed by atoms with Crippen molar-refractivity contribution < 1.29 is 0 Å². The van der Waals surface area contributed by atoms with Gasteiger partial charge >= 0.3 is 0 Å². The van der Waals surface area contributed by atoms with Crippen molar-refractivity contribution in [2.24, 2.45) is 0 Å². The largest absolute Gasteiger partial charge is 0.241 e. The summed E-state index contributed by atoms with van der Waals surface area (Å²) >= 11 is 6.33. The highest BCUT2D eigenvalue weighted by Gasteiger charge is 2.11.